The van der Waals surface area contributed by atoms with E-state index < -0.39 is 5.97 Å². The number of carboxylic acids is 1. The number of hydrogen-bond donors (Lipinski definition) is 2. The fourth-order valence-electron chi connectivity index (χ4n) is 4.10. The highest BCUT2D eigenvalue weighted by molar-refractivity contribution is 5.93. The fourth-order valence-corrected chi connectivity index (χ4v) is 4.10. The summed E-state index contributed by atoms with van der Waals surface area (Å²) in [6.45, 7) is 4.44. The number of aliphatic carboxylic acids is 1. The molecule has 176 valence electrons. The summed E-state index contributed by atoms with van der Waals surface area (Å²) in [4.78, 5) is 22.1. The van der Waals surface area contributed by atoms with E-state index in [9.17, 15) is 4.79 Å². The van der Waals surface area contributed by atoms with Gasteiger partial charge in [-0.3, -0.25) is 4.79 Å². The molecule has 0 bridgehead atoms. The Morgan fingerprint density at radius 3 is 2.79 bits per heavy atom. The van der Waals surface area contributed by atoms with Gasteiger partial charge in [0.05, 0.1) is 31.3 Å². The van der Waals surface area contributed by atoms with Crippen molar-refractivity contribution in [3.63, 3.8) is 0 Å². The van der Waals surface area contributed by atoms with Crippen molar-refractivity contribution in [1.29, 1.82) is 0 Å². The van der Waals surface area contributed by atoms with Crippen molar-refractivity contribution in [3.05, 3.63) is 36.9 Å². The number of aromatic nitrogens is 3. The van der Waals surface area contributed by atoms with Gasteiger partial charge in [0, 0.05) is 36.9 Å². The van der Waals surface area contributed by atoms with E-state index in [-0.39, 0.29) is 6.42 Å². The third-order valence-electron chi connectivity index (χ3n) is 5.84. The van der Waals surface area contributed by atoms with Gasteiger partial charge in [-0.15, -0.1) is 0 Å². The molecule has 0 radical (unpaired) electrons. The van der Waals surface area contributed by atoms with Gasteiger partial charge >= 0.3 is 5.97 Å². The molecule has 1 aromatic carbocycles. The number of carboxylic acid groups (broad SMARTS) is 1. The lowest BCUT2D eigenvalue weighted by Gasteiger charge is -2.26. The maximum atomic E-state index is 10.8. The minimum Gasteiger partial charge on any atom is -0.493 e. The van der Waals surface area contributed by atoms with Gasteiger partial charge in [0.1, 0.15) is 12.1 Å². The SMILES string of the molecule is COc1cc2ncnc(Nc3ccn(CCC(=O)O)c3)c2cc1OCCCN1CCCCC1. The minimum absolute atomic E-state index is 0.0722. The summed E-state index contributed by atoms with van der Waals surface area (Å²) in [6.07, 6.45) is 10.2. The molecule has 1 aliphatic rings. The van der Waals surface area contributed by atoms with E-state index in [1.54, 1.807) is 7.11 Å². The van der Waals surface area contributed by atoms with E-state index >= 15 is 0 Å². The molecule has 1 saturated heterocycles. The highest BCUT2D eigenvalue weighted by Gasteiger charge is 2.13. The first kappa shape index (κ1) is 22.8. The molecule has 3 aromatic rings. The maximum Gasteiger partial charge on any atom is 0.305 e. The van der Waals surface area contributed by atoms with E-state index in [0.29, 0.717) is 30.5 Å². The van der Waals surface area contributed by atoms with Gasteiger partial charge in [0.15, 0.2) is 11.5 Å². The zero-order chi connectivity index (χ0) is 23.0. The van der Waals surface area contributed by atoms with Crippen LogP contribution < -0.4 is 14.8 Å². The number of methoxy groups -OCH3 is 1. The molecule has 2 aromatic heterocycles. The number of benzene rings is 1. The molecule has 9 nitrogen and oxygen atoms in total. The Labute approximate surface area is 193 Å². The second-order valence-electron chi connectivity index (χ2n) is 8.25. The molecule has 0 saturated carbocycles. The monoisotopic (exact) mass is 453 g/mol. The standard InChI is InChI=1S/C24H31N5O4/c1-32-21-15-20-19(14-22(21)33-13-5-10-28-8-3-2-4-9-28)24(26-17-25-20)27-18-6-11-29(16-18)12-7-23(30)31/h6,11,14-17H,2-5,7-10,12-13H2,1H3,(H,30,31)(H,25,26,27). The van der Waals surface area contributed by atoms with E-state index in [1.165, 1.54) is 38.7 Å². The normalized spacial score (nSPS) is 14.3. The second kappa shape index (κ2) is 11.0. The molecule has 0 spiro atoms. The summed E-state index contributed by atoms with van der Waals surface area (Å²) in [5.74, 6) is 1.14. The van der Waals surface area contributed by atoms with Crippen LogP contribution in [-0.4, -0.2) is 63.9 Å². The van der Waals surface area contributed by atoms with Crippen LogP contribution in [0, 0.1) is 0 Å². The number of likely N-dealkylation sites (tertiary alicyclic amines) is 1. The molecule has 33 heavy (non-hydrogen) atoms. The number of hydrogen-bond acceptors (Lipinski definition) is 7. The summed E-state index contributed by atoms with van der Waals surface area (Å²) in [5.41, 5.74) is 1.57. The summed E-state index contributed by atoms with van der Waals surface area (Å²) in [6, 6.07) is 5.66. The molecule has 4 rings (SSSR count). The highest BCUT2D eigenvalue weighted by atomic mass is 16.5. The molecule has 0 amide bonds. The van der Waals surface area contributed by atoms with Crippen LogP contribution >= 0.6 is 0 Å². The van der Waals surface area contributed by atoms with Crippen molar-refractivity contribution in [2.75, 3.05) is 38.7 Å². The zero-order valence-electron chi connectivity index (χ0n) is 19.0. The molecule has 1 aliphatic heterocycles. The molecule has 1 fully saturated rings. The van der Waals surface area contributed by atoms with Crippen molar-refractivity contribution < 1.29 is 19.4 Å². The van der Waals surface area contributed by atoms with Crippen LogP contribution in [0.5, 0.6) is 11.5 Å². The molecule has 0 aliphatic carbocycles. The quantitative estimate of drug-likeness (QED) is 0.421. The van der Waals surface area contributed by atoms with Crippen molar-refractivity contribution >= 4 is 28.4 Å². The van der Waals surface area contributed by atoms with Crippen LogP contribution in [0.1, 0.15) is 32.1 Å². The average Bonchev–Trinajstić information content (AvgIpc) is 3.28. The fraction of sp³-hybridized carbons (Fsp3) is 0.458. The maximum absolute atomic E-state index is 10.8. The first-order valence-electron chi connectivity index (χ1n) is 11.4. The predicted octanol–water partition coefficient (Wildman–Crippen LogP) is 3.91. The van der Waals surface area contributed by atoms with Gasteiger partial charge in [0.2, 0.25) is 0 Å². The first-order chi connectivity index (χ1) is 16.1. The van der Waals surface area contributed by atoms with Crippen molar-refractivity contribution in [1.82, 2.24) is 19.4 Å². The molecular weight excluding hydrogens is 422 g/mol. The van der Waals surface area contributed by atoms with Crippen LogP contribution in [0.2, 0.25) is 0 Å². The number of ether oxygens (including phenoxy) is 2. The van der Waals surface area contributed by atoms with Crippen LogP contribution in [0.15, 0.2) is 36.9 Å². The Hall–Kier alpha value is -3.33. The number of fused-ring (bicyclic) bond motifs is 1. The first-order valence-corrected chi connectivity index (χ1v) is 11.4. The number of anilines is 2. The van der Waals surface area contributed by atoms with Crippen LogP contribution in [-0.2, 0) is 11.3 Å². The minimum atomic E-state index is -0.822. The van der Waals surface area contributed by atoms with E-state index in [1.807, 2.05) is 35.2 Å². The lowest BCUT2D eigenvalue weighted by molar-refractivity contribution is -0.137. The Balaban J connectivity index is 1.45. The smallest absolute Gasteiger partial charge is 0.305 e. The number of nitrogens with one attached hydrogen (secondary N) is 1. The largest absolute Gasteiger partial charge is 0.493 e. The Kier molecular flexibility index (Phi) is 7.62. The van der Waals surface area contributed by atoms with Crippen LogP contribution in [0.4, 0.5) is 11.5 Å². The molecule has 0 unspecified atom stereocenters. The summed E-state index contributed by atoms with van der Waals surface area (Å²) in [5, 5.41) is 13.0. The number of rotatable bonds is 11. The lowest BCUT2D eigenvalue weighted by Crippen LogP contribution is -2.31. The molecule has 2 N–H and O–H groups in total. The summed E-state index contributed by atoms with van der Waals surface area (Å²) >= 11 is 0. The van der Waals surface area contributed by atoms with Crippen molar-refractivity contribution in [2.24, 2.45) is 0 Å². The number of piperidine rings is 1. The van der Waals surface area contributed by atoms with E-state index in [0.717, 1.165) is 29.6 Å². The summed E-state index contributed by atoms with van der Waals surface area (Å²) in [7, 11) is 1.63. The van der Waals surface area contributed by atoms with Gasteiger partial charge in [-0.1, -0.05) is 6.42 Å². The topological polar surface area (TPSA) is 102 Å². The van der Waals surface area contributed by atoms with Crippen molar-refractivity contribution in [3.8, 4) is 11.5 Å². The molecular formula is C24H31N5O4. The van der Waals surface area contributed by atoms with Crippen molar-refractivity contribution in [2.45, 2.75) is 38.6 Å². The highest BCUT2D eigenvalue weighted by Crippen LogP contribution is 2.34. The number of carbonyl (C=O) groups is 1. The Morgan fingerprint density at radius 1 is 1.15 bits per heavy atom. The Bertz CT molecular complexity index is 1080. The number of aryl methyl sites for hydroxylation is 1. The molecule has 3 heterocycles. The Morgan fingerprint density at radius 2 is 2.00 bits per heavy atom. The van der Waals surface area contributed by atoms with Crippen LogP contribution in [0.3, 0.4) is 0 Å². The van der Waals surface area contributed by atoms with Gasteiger partial charge < -0.3 is 29.4 Å². The van der Waals surface area contributed by atoms with Gasteiger partial charge in [-0.2, -0.15) is 0 Å². The summed E-state index contributed by atoms with van der Waals surface area (Å²) < 4.78 is 13.5. The van der Waals surface area contributed by atoms with Gasteiger partial charge in [-0.05, 0) is 44.5 Å². The van der Waals surface area contributed by atoms with E-state index in [2.05, 4.69) is 20.2 Å². The number of nitrogens with zero attached hydrogens (tertiary/aromatic N) is 4. The zero-order valence-corrected chi connectivity index (χ0v) is 19.0. The second-order valence-corrected chi connectivity index (χ2v) is 8.25. The average molecular weight is 454 g/mol. The van der Waals surface area contributed by atoms with Gasteiger partial charge in [-0.25, -0.2) is 9.97 Å². The third kappa shape index (κ3) is 6.13. The third-order valence-corrected chi connectivity index (χ3v) is 5.84. The lowest BCUT2D eigenvalue weighted by atomic mass is 10.1. The van der Waals surface area contributed by atoms with Gasteiger partial charge in [0.25, 0.3) is 0 Å². The molecule has 0 atom stereocenters. The van der Waals surface area contributed by atoms with Crippen LogP contribution in [0.25, 0.3) is 10.9 Å². The predicted molar refractivity (Wildman–Crippen MR) is 126 cm³/mol. The molecule has 9 heteroatoms. The van der Waals surface area contributed by atoms with E-state index in [4.69, 9.17) is 14.6 Å².